The third kappa shape index (κ3) is 3.85. The minimum absolute atomic E-state index is 0.110. The van der Waals surface area contributed by atoms with Gasteiger partial charge in [-0.25, -0.2) is 4.39 Å². The zero-order valence-corrected chi connectivity index (χ0v) is 14.5. The van der Waals surface area contributed by atoms with Crippen LogP contribution in [0.15, 0.2) is 22.7 Å². The monoisotopic (exact) mass is 357 g/mol. The molecule has 1 aromatic carbocycles. The largest absolute Gasteiger partial charge is 0.377 e. The highest BCUT2D eigenvalue weighted by molar-refractivity contribution is 9.10. The molecule has 1 saturated carbocycles. The molecule has 0 amide bonds. The molecule has 1 aromatic rings. The number of hydrogen-bond acceptors (Lipinski definition) is 2. The van der Waals surface area contributed by atoms with E-state index in [1.807, 2.05) is 13.2 Å². The van der Waals surface area contributed by atoms with E-state index in [-0.39, 0.29) is 17.5 Å². The van der Waals surface area contributed by atoms with Crippen LogP contribution in [0, 0.1) is 5.82 Å². The lowest BCUT2D eigenvalue weighted by Gasteiger charge is -2.37. The molecule has 21 heavy (non-hydrogen) atoms. The van der Waals surface area contributed by atoms with Gasteiger partial charge in [-0.3, -0.25) is 0 Å². The second-order valence-electron chi connectivity index (χ2n) is 5.90. The van der Waals surface area contributed by atoms with Crippen LogP contribution < -0.4 is 5.32 Å². The summed E-state index contributed by atoms with van der Waals surface area (Å²) in [5.41, 5.74) is 0.896. The van der Waals surface area contributed by atoms with Gasteiger partial charge in [0.25, 0.3) is 0 Å². The molecule has 0 radical (unpaired) electrons. The van der Waals surface area contributed by atoms with Crippen molar-refractivity contribution < 1.29 is 9.13 Å². The van der Waals surface area contributed by atoms with Gasteiger partial charge in [-0.15, -0.1) is 0 Å². The summed E-state index contributed by atoms with van der Waals surface area (Å²) in [6.45, 7) is 3.12. The number of halogens is 2. The Labute approximate surface area is 135 Å². The van der Waals surface area contributed by atoms with Gasteiger partial charge in [0.05, 0.1) is 10.1 Å². The van der Waals surface area contributed by atoms with Crippen molar-refractivity contribution in [2.45, 2.75) is 57.1 Å². The van der Waals surface area contributed by atoms with E-state index >= 15 is 0 Å². The maximum atomic E-state index is 13.7. The van der Waals surface area contributed by atoms with Crippen molar-refractivity contribution in [2.24, 2.45) is 0 Å². The van der Waals surface area contributed by atoms with Gasteiger partial charge in [0.2, 0.25) is 0 Å². The number of hydrogen-bond donors (Lipinski definition) is 1. The summed E-state index contributed by atoms with van der Waals surface area (Å²) < 4.78 is 20.2. The molecule has 0 spiro atoms. The Hall–Kier alpha value is -0.450. The van der Waals surface area contributed by atoms with E-state index in [1.54, 1.807) is 6.07 Å². The topological polar surface area (TPSA) is 21.3 Å². The van der Waals surface area contributed by atoms with Crippen LogP contribution in [0.25, 0.3) is 0 Å². The molecular formula is C17H25BrFNO. The average Bonchev–Trinajstić information content (AvgIpc) is 2.97. The zero-order chi connectivity index (χ0) is 15.3. The fraction of sp³-hybridized carbons (Fsp3) is 0.647. The molecule has 0 saturated heterocycles. The summed E-state index contributed by atoms with van der Waals surface area (Å²) >= 11 is 3.38. The predicted molar refractivity (Wildman–Crippen MR) is 88.1 cm³/mol. The summed E-state index contributed by atoms with van der Waals surface area (Å²) in [4.78, 5) is 0. The highest BCUT2D eigenvalue weighted by atomic mass is 79.9. The van der Waals surface area contributed by atoms with Gasteiger partial charge in [-0.05, 0) is 59.8 Å². The molecule has 2 nitrogen and oxygen atoms in total. The van der Waals surface area contributed by atoms with Crippen LogP contribution in [0.5, 0.6) is 0 Å². The van der Waals surface area contributed by atoms with Crippen LogP contribution in [0.1, 0.15) is 44.6 Å². The van der Waals surface area contributed by atoms with E-state index in [0.717, 1.165) is 37.8 Å². The fourth-order valence-electron chi connectivity index (χ4n) is 3.36. The maximum absolute atomic E-state index is 13.7. The molecule has 1 aliphatic rings. The van der Waals surface area contributed by atoms with Crippen molar-refractivity contribution in [3.05, 3.63) is 34.1 Å². The quantitative estimate of drug-likeness (QED) is 0.777. The Morgan fingerprint density at radius 1 is 1.38 bits per heavy atom. The van der Waals surface area contributed by atoms with Gasteiger partial charge in [-0.1, -0.05) is 31.9 Å². The van der Waals surface area contributed by atoms with Gasteiger partial charge in [0.15, 0.2) is 0 Å². The van der Waals surface area contributed by atoms with Crippen LogP contribution in [-0.4, -0.2) is 25.3 Å². The lowest BCUT2D eigenvalue weighted by Crippen LogP contribution is -2.52. The minimum atomic E-state index is -0.195. The van der Waals surface area contributed by atoms with E-state index in [1.165, 1.54) is 18.9 Å². The smallest absolute Gasteiger partial charge is 0.137 e. The summed E-state index contributed by atoms with van der Waals surface area (Å²) in [5, 5.41) is 3.63. The highest BCUT2D eigenvalue weighted by Gasteiger charge is 2.41. The predicted octanol–water partition coefficient (Wildman–Crippen LogP) is 4.46. The van der Waals surface area contributed by atoms with Gasteiger partial charge in [0, 0.05) is 13.2 Å². The first kappa shape index (κ1) is 16.9. The van der Waals surface area contributed by atoms with Crippen LogP contribution >= 0.6 is 15.9 Å². The molecule has 118 valence electrons. The Kier molecular flexibility index (Phi) is 6.20. The normalized spacial score (nSPS) is 18.9. The van der Waals surface area contributed by atoms with E-state index in [9.17, 15) is 4.39 Å². The molecule has 1 atom stereocenters. The summed E-state index contributed by atoms with van der Waals surface area (Å²) in [7, 11) is 1.81. The summed E-state index contributed by atoms with van der Waals surface area (Å²) in [5.74, 6) is -0.195. The molecule has 1 fully saturated rings. The third-order valence-electron chi connectivity index (χ3n) is 4.59. The van der Waals surface area contributed by atoms with Gasteiger partial charge < -0.3 is 10.1 Å². The lowest BCUT2D eigenvalue weighted by molar-refractivity contribution is -0.0355. The van der Waals surface area contributed by atoms with Crippen molar-refractivity contribution >= 4 is 15.9 Å². The number of ether oxygens (including phenoxy) is 1. The third-order valence-corrected chi connectivity index (χ3v) is 5.48. The Morgan fingerprint density at radius 2 is 2.10 bits per heavy atom. The molecule has 4 heteroatoms. The van der Waals surface area contributed by atoms with Crippen LogP contribution in [-0.2, 0) is 11.2 Å². The molecule has 0 bridgehead atoms. The molecule has 0 aromatic heterocycles. The minimum Gasteiger partial charge on any atom is -0.377 e. The van der Waals surface area contributed by atoms with Crippen molar-refractivity contribution in [3.8, 4) is 0 Å². The van der Waals surface area contributed by atoms with Crippen molar-refractivity contribution in [3.63, 3.8) is 0 Å². The summed E-state index contributed by atoms with van der Waals surface area (Å²) in [6, 6.07) is 5.49. The summed E-state index contributed by atoms with van der Waals surface area (Å²) in [6.07, 6.45) is 6.45. The Bertz CT molecular complexity index is 460. The number of benzene rings is 1. The second kappa shape index (κ2) is 7.70. The molecule has 0 aliphatic heterocycles. The molecule has 0 heterocycles. The van der Waals surface area contributed by atoms with E-state index in [2.05, 4.69) is 28.2 Å². The number of methoxy groups -OCH3 is 1. The van der Waals surface area contributed by atoms with E-state index < -0.39 is 0 Å². The van der Waals surface area contributed by atoms with Gasteiger partial charge in [-0.2, -0.15) is 0 Å². The highest BCUT2D eigenvalue weighted by Crippen LogP contribution is 2.37. The molecular weight excluding hydrogens is 333 g/mol. The molecule has 1 N–H and O–H groups in total. The second-order valence-corrected chi connectivity index (χ2v) is 6.69. The Morgan fingerprint density at radius 3 is 2.71 bits per heavy atom. The van der Waals surface area contributed by atoms with Crippen molar-refractivity contribution in [1.82, 2.24) is 5.32 Å². The number of rotatable bonds is 7. The maximum Gasteiger partial charge on any atom is 0.137 e. The standard InChI is InChI=1S/C17H25BrFNO/c1-3-11-20-15(17(21-2)9-4-5-10-17)12-13-7-6-8-14(19)16(13)18/h6-8,15,20H,3-5,9-12H2,1-2H3. The van der Waals surface area contributed by atoms with Gasteiger partial charge >= 0.3 is 0 Å². The first-order chi connectivity index (χ1) is 10.1. The van der Waals surface area contributed by atoms with E-state index in [4.69, 9.17) is 4.74 Å². The lowest BCUT2D eigenvalue weighted by atomic mass is 9.87. The van der Waals surface area contributed by atoms with E-state index in [0.29, 0.717) is 4.47 Å². The first-order valence-corrected chi connectivity index (χ1v) is 8.63. The molecule has 1 unspecified atom stereocenters. The Balaban J connectivity index is 2.21. The number of nitrogens with one attached hydrogen (secondary N) is 1. The van der Waals surface area contributed by atoms with Crippen LogP contribution in [0.4, 0.5) is 4.39 Å². The first-order valence-electron chi connectivity index (χ1n) is 7.84. The van der Waals surface area contributed by atoms with Crippen molar-refractivity contribution in [2.75, 3.05) is 13.7 Å². The SMILES string of the molecule is CCCNC(Cc1cccc(F)c1Br)C1(OC)CCCC1. The fourth-order valence-corrected chi connectivity index (χ4v) is 3.78. The van der Waals surface area contributed by atoms with Crippen LogP contribution in [0.2, 0.25) is 0 Å². The zero-order valence-electron chi connectivity index (χ0n) is 12.9. The van der Waals surface area contributed by atoms with Gasteiger partial charge in [0.1, 0.15) is 5.82 Å². The van der Waals surface area contributed by atoms with Crippen LogP contribution in [0.3, 0.4) is 0 Å². The average molecular weight is 358 g/mol. The molecule has 2 rings (SSSR count). The molecule has 1 aliphatic carbocycles. The van der Waals surface area contributed by atoms with Crippen molar-refractivity contribution in [1.29, 1.82) is 0 Å².